The Kier molecular flexibility index (Phi) is 5.35. The van der Waals surface area contributed by atoms with Crippen LogP contribution in [0.5, 0.6) is 11.5 Å². The molecule has 1 saturated heterocycles. The standard InChI is InChI=1S/C30H32N2O3/c1-18-16-30(2,3)32-22-13-12-21-27-23(33-4)6-5-7-24(27)35-29(28(21)26(18)22)20-10-8-19(9-11-20)25-17-31-14-15-34-25/h5-13,16,25,29,31-32H,14-15,17H2,1-4H3. The van der Waals surface area contributed by atoms with Crippen LogP contribution in [0.3, 0.4) is 0 Å². The van der Waals surface area contributed by atoms with Gasteiger partial charge in [-0.3, -0.25) is 0 Å². The maximum absolute atomic E-state index is 6.76. The number of benzene rings is 3. The van der Waals surface area contributed by atoms with Crippen LogP contribution < -0.4 is 20.1 Å². The smallest absolute Gasteiger partial charge is 0.150 e. The molecule has 2 N–H and O–H groups in total. The zero-order valence-corrected chi connectivity index (χ0v) is 20.8. The van der Waals surface area contributed by atoms with Crippen LogP contribution in [0.2, 0.25) is 0 Å². The first kappa shape index (κ1) is 22.2. The molecule has 35 heavy (non-hydrogen) atoms. The van der Waals surface area contributed by atoms with Gasteiger partial charge in [0.05, 0.1) is 30.9 Å². The minimum Gasteiger partial charge on any atom is -0.496 e. The van der Waals surface area contributed by atoms with Gasteiger partial charge in [-0.05, 0) is 61.2 Å². The van der Waals surface area contributed by atoms with Gasteiger partial charge in [-0.15, -0.1) is 0 Å². The number of hydrogen-bond acceptors (Lipinski definition) is 5. The third kappa shape index (κ3) is 3.79. The first-order valence-electron chi connectivity index (χ1n) is 12.4. The number of nitrogens with one attached hydrogen (secondary N) is 2. The lowest BCUT2D eigenvalue weighted by molar-refractivity contribution is 0.0277. The highest BCUT2D eigenvalue weighted by atomic mass is 16.5. The van der Waals surface area contributed by atoms with Gasteiger partial charge in [0.25, 0.3) is 0 Å². The molecule has 2 unspecified atom stereocenters. The Bertz CT molecular complexity index is 1300. The van der Waals surface area contributed by atoms with E-state index in [0.29, 0.717) is 0 Å². The Labute approximate surface area is 207 Å². The summed E-state index contributed by atoms with van der Waals surface area (Å²) in [7, 11) is 1.72. The lowest BCUT2D eigenvalue weighted by Gasteiger charge is -2.37. The van der Waals surface area contributed by atoms with Crippen LogP contribution in [0, 0.1) is 0 Å². The van der Waals surface area contributed by atoms with Crippen molar-refractivity contribution in [1.82, 2.24) is 5.32 Å². The summed E-state index contributed by atoms with van der Waals surface area (Å²) in [5.74, 6) is 1.67. The van der Waals surface area contributed by atoms with Gasteiger partial charge in [0.2, 0.25) is 0 Å². The molecule has 3 aliphatic heterocycles. The van der Waals surface area contributed by atoms with Crippen molar-refractivity contribution in [3.05, 3.63) is 82.9 Å². The second-order valence-corrected chi connectivity index (χ2v) is 10.2. The van der Waals surface area contributed by atoms with Crippen molar-refractivity contribution in [2.24, 2.45) is 0 Å². The molecular formula is C30H32N2O3. The monoisotopic (exact) mass is 468 g/mol. The van der Waals surface area contributed by atoms with Crippen molar-refractivity contribution in [1.29, 1.82) is 0 Å². The number of anilines is 1. The Hall–Kier alpha value is -3.28. The summed E-state index contributed by atoms with van der Waals surface area (Å²) < 4.78 is 18.5. The van der Waals surface area contributed by atoms with E-state index in [1.165, 1.54) is 22.3 Å². The van der Waals surface area contributed by atoms with E-state index in [4.69, 9.17) is 14.2 Å². The van der Waals surface area contributed by atoms with Crippen LogP contribution >= 0.6 is 0 Å². The van der Waals surface area contributed by atoms with Crippen LogP contribution in [0.15, 0.2) is 60.7 Å². The third-order valence-corrected chi connectivity index (χ3v) is 7.20. The van der Waals surface area contributed by atoms with Gasteiger partial charge in [0, 0.05) is 29.9 Å². The van der Waals surface area contributed by atoms with Gasteiger partial charge < -0.3 is 24.8 Å². The number of hydrogen-bond donors (Lipinski definition) is 2. The van der Waals surface area contributed by atoms with Crippen LogP contribution in [-0.4, -0.2) is 32.3 Å². The average molecular weight is 469 g/mol. The fourth-order valence-corrected chi connectivity index (χ4v) is 5.77. The van der Waals surface area contributed by atoms with Gasteiger partial charge in [0.1, 0.15) is 11.5 Å². The zero-order valence-electron chi connectivity index (χ0n) is 20.8. The molecule has 3 aliphatic rings. The molecule has 3 heterocycles. The van der Waals surface area contributed by atoms with E-state index in [1.54, 1.807) is 7.11 Å². The van der Waals surface area contributed by atoms with E-state index in [0.717, 1.165) is 53.6 Å². The number of allylic oxidation sites excluding steroid dienone is 1. The molecule has 2 atom stereocenters. The number of rotatable bonds is 3. The SMILES string of the molecule is COc1cccc2c1-c1ccc3c(c1C(c1ccc(C4CNCCO4)cc1)O2)C(C)=CC(C)(C)N3. The van der Waals surface area contributed by atoms with Crippen molar-refractivity contribution in [2.75, 3.05) is 32.1 Å². The largest absolute Gasteiger partial charge is 0.496 e. The summed E-state index contributed by atoms with van der Waals surface area (Å²) in [5.41, 5.74) is 9.16. The molecule has 0 aromatic heterocycles. The van der Waals surface area contributed by atoms with Gasteiger partial charge in [-0.25, -0.2) is 0 Å². The Morgan fingerprint density at radius 2 is 1.77 bits per heavy atom. The van der Waals surface area contributed by atoms with Crippen molar-refractivity contribution in [3.8, 4) is 22.6 Å². The molecule has 5 nitrogen and oxygen atoms in total. The number of morpholine rings is 1. The van der Waals surface area contributed by atoms with E-state index >= 15 is 0 Å². The van der Waals surface area contributed by atoms with Crippen molar-refractivity contribution in [2.45, 2.75) is 38.5 Å². The molecular weight excluding hydrogens is 436 g/mol. The van der Waals surface area contributed by atoms with Crippen molar-refractivity contribution >= 4 is 11.3 Å². The van der Waals surface area contributed by atoms with Gasteiger partial charge in [-0.2, -0.15) is 0 Å². The lowest BCUT2D eigenvalue weighted by atomic mass is 9.80. The lowest BCUT2D eigenvalue weighted by Crippen LogP contribution is -2.33. The molecule has 0 spiro atoms. The number of methoxy groups -OCH3 is 1. The molecule has 180 valence electrons. The predicted octanol–water partition coefficient (Wildman–Crippen LogP) is 6.11. The highest BCUT2D eigenvalue weighted by molar-refractivity contribution is 5.91. The molecule has 3 aromatic rings. The van der Waals surface area contributed by atoms with Crippen LogP contribution in [-0.2, 0) is 4.74 Å². The molecule has 0 radical (unpaired) electrons. The van der Waals surface area contributed by atoms with E-state index in [-0.39, 0.29) is 17.7 Å². The Morgan fingerprint density at radius 3 is 2.51 bits per heavy atom. The molecule has 0 saturated carbocycles. The van der Waals surface area contributed by atoms with Gasteiger partial charge in [0.15, 0.2) is 6.10 Å². The molecule has 0 amide bonds. The highest BCUT2D eigenvalue weighted by Gasteiger charge is 2.35. The molecule has 6 rings (SSSR count). The predicted molar refractivity (Wildman–Crippen MR) is 140 cm³/mol. The Morgan fingerprint density at radius 1 is 0.971 bits per heavy atom. The highest BCUT2D eigenvalue weighted by Crippen LogP contribution is 2.53. The topological polar surface area (TPSA) is 51.8 Å². The van der Waals surface area contributed by atoms with E-state index < -0.39 is 0 Å². The quantitative estimate of drug-likeness (QED) is 0.486. The van der Waals surface area contributed by atoms with Gasteiger partial charge >= 0.3 is 0 Å². The molecule has 3 aromatic carbocycles. The maximum Gasteiger partial charge on any atom is 0.150 e. The molecule has 1 fully saturated rings. The van der Waals surface area contributed by atoms with Crippen LogP contribution in [0.25, 0.3) is 16.7 Å². The summed E-state index contributed by atoms with van der Waals surface area (Å²) in [4.78, 5) is 0. The molecule has 5 heteroatoms. The summed E-state index contributed by atoms with van der Waals surface area (Å²) in [6, 6.07) is 19.2. The second-order valence-electron chi connectivity index (χ2n) is 10.2. The van der Waals surface area contributed by atoms with Crippen LogP contribution in [0.1, 0.15) is 55.2 Å². The molecule has 0 aliphatic carbocycles. The first-order valence-corrected chi connectivity index (χ1v) is 12.4. The normalized spacial score (nSPS) is 22.0. The second kappa shape index (κ2) is 8.43. The summed E-state index contributed by atoms with van der Waals surface area (Å²) >= 11 is 0. The fraction of sp³-hybridized carbons (Fsp3) is 0.333. The first-order chi connectivity index (χ1) is 16.9. The maximum atomic E-state index is 6.76. The summed E-state index contributed by atoms with van der Waals surface area (Å²) in [6.07, 6.45) is 2.16. The van der Waals surface area contributed by atoms with Crippen molar-refractivity contribution < 1.29 is 14.2 Å². The van der Waals surface area contributed by atoms with E-state index in [1.807, 2.05) is 18.2 Å². The minimum absolute atomic E-state index is 0.0896. The summed E-state index contributed by atoms with van der Waals surface area (Å²) in [6.45, 7) is 9.09. The average Bonchev–Trinajstić information content (AvgIpc) is 2.87. The minimum atomic E-state index is -0.231. The van der Waals surface area contributed by atoms with Crippen LogP contribution in [0.4, 0.5) is 5.69 Å². The Balaban J connectivity index is 1.51. The molecule has 0 bridgehead atoms. The van der Waals surface area contributed by atoms with Gasteiger partial charge in [-0.1, -0.05) is 42.5 Å². The van der Waals surface area contributed by atoms with Crippen molar-refractivity contribution in [3.63, 3.8) is 0 Å². The third-order valence-electron chi connectivity index (χ3n) is 7.20. The number of fused-ring (bicyclic) bond motifs is 5. The summed E-state index contributed by atoms with van der Waals surface area (Å²) in [5, 5.41) is 7.12. The van der Waals surface area contributed by atoms with E-state index in [2.05, 4.69) is 73.9 Å². The fourth-order valence-electron chi connectivity index (χ4n) is 5.77. The number of ether oxygens (including phenoxy) is 3. The zero-order chi connectivity index (χ0) is 24.2. The van der Waals surface area contributed by atoms with E-state index in [9.17, 15) is 0 Å².